The molecule has 6 rings (SSSR count). The van der Waals surface area contributed by atoms with Crippen LogP contribution in [0.15, 0.2) is 66.7 Å². The molecule has 0 saturated carbocycles. The number of methoxy groups -OCH3 is 1. The van der Waals surface area contributed by atoms with Gasteiger partial charge in [-0.25, -0.2) is 9.78 Å². The number of anilines is 1. The second-order valence-corrected chi connectivity index (χ2v) is 9.96. The Morgan fingerprint density at radius 3 is 2.65 bits per heavy atom. The van der Waals surface area contributed by atoms with Crippen molar-refractivity contribution in [3.05, 3.63) is 83.7 Å². The van der Waals surface area contributed by atoms with Crippen LogP contribution in [-0.2, 0) is 34.0 Å². The molecule has 2 aromatic heterocycles. The number of carbonyl (C=O) groups is 2. The molecule has 4 heterocycles. The van der Waals surface area contributed by atoms with Gasteiger partial charge in [0.25, 0.3) is 0 Å². The van der Waals surface area contributed by atoms with Crippen LogP contribution >= 0.6 is 0 Å². The lowest BCUT2D eigenvalue weighted by atomic mass is 10.1. The Hall–Kier alpha value is -4.44. The molecule has 0 N–H and O–H groups in total. The number of benzene rings is 2. The molecule has 2 aromatic carbocycles. The molecule has 10 nitrogen and oxygen atoms in total. The van der Waals surface area contributed by atoms with Gasteiger partial charge in [0.15, 0.2) is 0 Å². The molecule has 0 bridgehead atoms. The van der Waals surface area contributed by atoms with E-state index in [-0.39, 0.29) is 18.6 Å². The van der Waals surface area contributed by atoms with Crippen molar-refractivity contribution in [2.45, 2.75) is 32.2 Å². The fourth-order valence-electron chi connectivity index (χ4n) is 5.01. The molecule has 1 atom stereocenters. The van der Waals surface area contributed by atoms with E-state index in [9.17, 15) is 9.59 Å². The first-order chi connectivity index (χ1) is 19.6. The SMILES string of the molecule is COC(=O)c1ccc2nc(CN3CCN(c4cccc(OCc5ccccc5)n4)CC3=O)n(C[C@@H]3CCO3)c2c1. The molecule has 10 heteroatoms. The van der Waals surface area contributed by atoms with Crippen LogP contribution < -0.4 is 9.64 Å². The molecule has 0 radical (unpaired) electrons. The Morgan fingerprint density at radius 2 is 1.90 bits per heavy atom. The van der Waals surface area contributed by atoms with Crippen molar-refractivity contribution in [3.63, 3.8) is 0 Å². The van der Waals surface area contributed by atoms with Crippen molar-refractivity contribution >= 4 is 28.7 Å². The second kappa shape index (κ2) is 11.4. The third-order valence-electron chi connectivity index (χ3n) is 7.34. The van der Waals surface area contributed by atoms with Crippen LogP contribution in [0.25, 0.3) is 11.0 Å². The van der Waals surface area contributed by atoms with Gasteiger partial charge < -0.3 is 28.6 Å². The Balaban J connectivity index is 1.15. The molecule has 2 aliphatic heterocycles. The summed E-state index contributed by atoms with van der Waals surface area (Å²) in [6.07, 6.45) is 1.06. The number of hydrogen-bond acceptors (Lipinski definition) is 8. The number of carbonyl (C=O) groups excluding carboxylic acids is 2. The van der Waals surface area contributed by atoms with Gasteiger partial charge in [0, 0.05) is 25.8 Å². The maximum atomic E-state index is 13.3. The molecule has 1 amide bonds. The highest BCUT2D eigenvalue weighted by molar-refractivity contribution is 5.93. The van der Waals surface area contributed by atoms with Gasteiger partial charge in [-0.1, -0.05) is 36.4 Å². The summed E-state index contributed by atoms with van der Waals surface area (Å²) in [5, 5.41) is 0. The van der Waals surface area contributed by atoms with Crippen molar-refractivity contribution in [3.8, 4) is 5.88 Å². The molecule has 40 heavy (non-hydrogen) atoms. The zero-order chi connectivity index (χ0) is 27.5. The maximum absolute atomic E-state index is 13.3. The molecule has 0 spiro atoms. The van der Waals surface area contributed by atoms with Crippen molar-refractivity contribution in [1.29, 1.82) is 0 Å². The predicted molar refractivity (Wildman–Crippen MR) is 148 cm³/mol. The van der Waals surface area contributed by atoms with Gasteiger partial charge in [-0.3, -0.25) is 4.79 Å². The van der Waals surface area contributed by atoms with Crippen LogP contribution in [0.5, 0.6) is 5.88 Å². The second-order valence-electron chi connectivity index (χ2n) is 9.96. The van der Waals surface area contributed by atoms with Gasteiger partial charge in [0.05, 0.1) is 49.4 Å². The summed E-state index contributed by atoms with van der Waals surface area (Å²) >= 11 is 0. The number of aromatic nitrogens is 3. The van der Waals surface area contributed by atoms with Crippen LogP contribution in [0.4, 0.5) is 5.82 Å². The van der Waals surface area contributed by atoms with E-state index in [1.807, 2.05) is 64.4 Å². The first-order valence-electron chi connectivity index (χ1n) is 13.4. The summed E-state index contributed by atoms with van der Waals surface area (Å²) in [6, 6.07) is 20.9. The summed E-state index contributed by atoms with van der Waals surface area (Å²) < 4.78 is 18.5. The van der Waals surface area contributed by atoms with Crippen molar-refractivity contribution < 1.29 is 23.8 Å². The van der Waals surface area contributed by atoms with Gasteiger partial charge in [0.1, 0.15) is 18.2 Å². The first kappa shape index (κ1) is 25.8. The zero-order valence-electron chi connectivity index (χ0n) is 22.4. The minimum atomic E-state index is -0.398. The number of fused-ring (bicyclic) bond motifs is 1. The van der Waals surface area contributed by atoms with Crippen molar-refractivity contribution in [1.82, 2.24) is 19.4 Å². The number of esters is 1. The normalized spacial score (nSPS) is 17.1. The van der Waals surface area contributed by atoms with E-state index in [0.29, 0.717) is 50.0 Å². The summed E-state index contributed by atoms with van der Waals surface area (Å²) in [7, 11) is 1.37. The van der Waals surface area contributed by atoms with E-state index < -0.39 is 5.97 Å². The fraction of sp³-hybridized carbons (Fsp3) is 0.333. The molecule has 0 aliphatic carbocycles. The lowest BCUT2D eigenvalue weighted by molar-refractivity contribution is -0.131. The molecule has 0 unspecified atom stereocenters. The maximum Gasteiger partial charge on any atom is 0.337 e. The number of amides is 1. The predicted octanol–water partition coefficient (Wildman–Crippen LogP) is 3.43. The van der Waals surface area contributed by atoms with Crippen LogP contribution in [0.1, 0.15) is 28.2 Å². The summed E-state index contributed by atoms with van der Waals surface area (Å²) in [4.78, 5) is 38.7. The number of imidazole rings is 1. The van der Waals surface area contributed by atoms with E-state index in [2.05, 4.69) is 9.55 Å². The number of rotatable bonds is 9. The smallest absolute Gasteiger partial charge is 0.337 e. The van der Waals surface area contributed by atoms with Gasteiger partial charge in [0.2, 0.25) is 11.8 Å². The highest BCUT2D eigenvalue weighted by atomic mass is 16.5. The topological polar surface area (TPSA) is 99.0 Å². The van der Waals surface area contributed by atoms with E-state index >= 15 is 0 Å². The van der Waals surface area contributed by atoms with Gasteiger partial charge in [-0.05, 0) is 36.2 Å². The highest BCUT2D eigenvalue weighted by Crippen LogP contribution is 2.25. The lowest BCUT2D eigenvalue weighted by Gasteiger charge is -2.35. The standard InChI is InChI=1S/C30H31N5O5/c1-38-30(37)22-10-11-24-25(16-22)35(17-23-12-15-39-23)27(31-24)18-34-14-13-33(19-29(34)36)26-8-5-9-28(32-26)40-20-21-6-3-2-4-7-21/h2-11,16,23H,12-15,17-20H2,1H3/t23-/m0/s1. The first-order valence-corrected chi connectivity index (χ1v) is 13.4. The third-order valence-corrected chi connectivity index (χ3v) is 7.34. The molecule has 4 aromatic rings. The minimum absolute atomic E-state index is 0.00240. The number of pyridine rings is 1. The summed E-state index contributed by atoms with van der Waals surface area (Å²) in [5.41, 5.74) is 3.12. The highest BCUT2D eigenvalue weighted by Gasteiger charge is 2.28. The fourth-order valence-corrected chi connectivity index (χ4v) is 5.01. The third kappa shape index (κ3) is 5.48. The van der Waals surface area contributed by atoms with E-state index in [1.165, 1.54) is 7.11 Å². The monoisotopic (exact) mass is 541 g/mol. The molecule has 206 valence electrons. The van der Waals surface area contributed by atoms with Gasteiger partial charge in [-0.15, -0.1) is 0 Å². The van der Waals surface area contributed by atoms with Crippen molar-refractivity contribution in [2.24, 2.45) is 0 Å². The quantitative estimate of drug-likeness (QED) is 0.297. The number of piperazine rings is 1. The largest absolute Gasteiger partial charge is 0.473 e. The minimum Gasteiger partial charge on any atom is -0.473 e. The van der Waals surface area contributed by atoms with Crippen LogP contribution in [0, 0.1) is 0 Å². The number of hydrogen-bond donors (Lipinski definition) is 0. The van der Waals surface area contributed by atoms with Crippen LogP contribution in [-0.4, -0.2) is 70.8 Å². The Morgan fingerprint density at radius 1 is 1.05 bits per heavy atom. The van der Waals surface area contributed by atoms with Crippen LogP contribution in [0.3, 0.4) is 0 Å². The van der Waals surface area contributed by atoms with Gasteiger partial charge in [-0.2, -0.15) is 4.98 Å². The molecular formula is C30H31N5O5. The van der Waals surface area contributed by atoms with Crippen molar-refractivity contribution in [2.75, 3.05) is 38.3 Å². The van der Waals surface area contributed by atoms with E-state index in [4.69, 9.17) is 19.2 Å². The average molecular weight is 542 g/mol. The van der Waals surface area contributed by atoms with E-state index in [0.717, 1.165) is 35.4 Å². The summed E-state index contributed by atoms with van der Waals surface area (Å²) in [6.45, 7) is 3.55. The lowest BCUT2D eigenvalue weighted by Crippen LogP contribution is -2.50. The molecule has 2 saturated heterocycles. The Labute approximate surface area is 232 Å². The van der Waals surface area contributed by atoms with E-state index in [1.54, 1.807) is 12.1 Å². The van der Waals surface area contributed by atoms with Crippen LogP contribution in [0.2, 0.25) is 0 Å². The zero-order valence-corrected chi connectivity index (χ0v) is 22.4. The molecular weight excluding hydrogens is 510 g/mol. The Kier molecular flexibility index (Phi) is 7.33. The summed E-state index contributed by atoms with van der Waals surface area (Å²) in [5.74, 6) is 1.60. The average Bonchev–Trinajstić information content (AvgIpc) is 3.31. The molecule has 2 fully saturated rings. The molecule has 2 aliphatic rings. The number of ether oxygens (including phenoxy) is 3. The Bertz CT molecular complexity index is 1520. The van der Waals surface area contributed by atoms with Gasteiger partial charge >= 0.3 is 5.97 Å². The number of nitrogens with zero attached hydrogens (tertiary/aromatic N) is 5.